The number of nitrogens with one attached hydrogen (secondary N) is 2. The molecule has 1 fully saturated rings. The van der Waals surface area contributed by atoms with Gasteiger partial charge in [-0.25, -0.2) is 0 Å². The highest BCUT2D eigenvalue weighted by atomic mass is 35.5. The average molecular weight is 593 g/mol. The number of benzene rings is 4. The second-order valence-corrected chi connectivity index (χ2v) is 11.3. The highest BCUT2D eigenvalue weighted by Crippen LogP contribution is 2.27. The molecule has 0 unspecified atom stereocenters. The van der Waals surface area contributed by atoms with Crippen molar-refractivity contribution in [2.45, 2.75) is 30.8 Å². The molecule has 2 atom stereocenters. The summed E-state index contributed by atoms with van der Waals surface area (Å²) in [5.41, 5.74) is 11.1. The number of carbonyl (C=O) groups excluding carboxylic acids is 2. The summed E-state index contributed by atoms with van der Waals surface area (Å²) in [5, 5.41) is 7.22. The van der Waals surface area contributed by atoms with E-state index in [0.717, 1.165) is 11.1 Å². The predicted molar refractivity (Wildman–Crippen MR) is 175 cm³/mol. The van der Waals surface area contributed by atoms with Gasteiger partial charge < -0.3 is 21.3 Å². The molecule has 0 bridgehead atoms. The van der Waals surface area contributed by atoms with E-state index >= 15 is 0 Å². The van der Waals surface area contributed by atoms with Crippen LogP contribution in [0.25, 0.3) is 6.08 Å². The van der Waals surface area contributed by atoms with E-state index in [0.29, 0.717) is 43.2 Å². The van der Waals surface area contributed by atoms with E-state index in [1.165, 1.54) is 17.2 Å². The summed E-state index contributed by atoms with van der Waals surface area (Å²) in [4.78, 5) is 28.8. The van der Waals surface area contributed by atoms with Gasteiger partial charge in [0.1, 0.15) is 0 Å². The number of hydrogen-bond acceptors (Lipinski definition) is 4. The fourth-order valence-electron chi connectivity index (χ4n) is 5.53. The predicted octanol–water partition coefficient (Wildman–Crippen LogP) is 5.69. The number of rotatable bonds is 10. The summed E-state index contributed by atoms with van der Waals surface area (Å²) in [6, 6.07) is 35.0. The molecule has 4 N–H and O–H groups in total. The Balaban J connectivity index is 1.33. The molecular formula is C36H37ClN4O2. The van der Waals surface area contributed by atoms with Gasteiger partial charge in [0.15, 0.2) is 0 Å². The van der Waals surface area contributed by atoms with Gasteiger partial charge in [-0.15, -0.1) is 0 Å². The van der Waals surface area contributed by atoms with E-state index in [1.54, 1.807) is 18.2 Å². The molecule has 4 aromatic carbocycles. The number of hydrogen-bond donors (Lipinski definition) is 3. The van der Waals surface area contributed by atoms with Crippen molar-refractivity contribution in [1.82, 2.24) is 15.5 Å². The SMILES string of the molecule is Nc1ccccc1C[C@@H]1N[C@H](CNC(=O)C=Cc2ccc(Cl)cc2)CCN(CC(c2ccccc2)c2ccccc2)C1=O. The van der Waals surface area contributed by atoms with Crippen LogP contribution in [-0.4, -0.2) is 48.4 Å². The Bertz CT molecular complexity index is 1490. The number of nitrogens with two attached hydrogens (primary N) is 1. The van der Waals surface area contributed by atoms with Crippen molar-refractivity contribution in [1.29, 1.82) is 0 Å². The molecule has 0 spiro atoms. The molecule has 6 nitrogen and oxygen atoms in total. The lowest BCUT2D eigenvalue weighted by Crippen LogP contribution is -2.50. The number of amides is 2. The van der Waals surface area contributed by atoms with E-state index in [1.807, 2.05) is 77.7 Å². The van der Waals surface area contributed by atoms with Crippen LogP contribution in [0.2, 0.25) is 5.02 Å². The van der Waals surface area contributed by atoms with Crippen molar-refractivity contribution in [2.24, 2.45) is 0 Å². The first-order chi connectivity index (χ1) is 21.0. The fourth-order valence-corrected chi connectivity index (χ4v) is 5.66. The van der Waals surface area contributed by atoms with Gasteiger partial charge in [-0.05, 0) is 59.4 Å². The second-order valence-electron chi connectivity index (χ2n) is 10.9. The number of nitrogen functional groups attached to an aromatic ring is 1. The van der Waals surface area contributed by atoms with Crippen LogP contribution in [0.15, 0.2) is 115 Å². The molecule has 7 heteroatoms. The number of carbonyl (C=O) groups is 2. The molecule has 220 valence electrons. The summed E-state index contributed by atoms with van der Waals surface area (Å²) in [5.74, 6) is -0.124. The molecule has 2 amide bonds. The molecule has 0 radical (unpaired) electrons. The maximum Gasteiger partial charge on any atom is 0.244 e. The monoisotopic (exact) mass is 592 g/mol. The minimum Gasteiger partial charge on any atom is -0.399 e. The molecule has 0 saturated carbocycles. The minimum absolute atomic E-state index is 0.0306. The lowest BCUT2D eigenvalue weighted by Gasteiger charge is -2.29. The Kier molecular flexibility index (Phi) is 10.3. The topological polar surface area (TPSA) is 87.5 Å². The maximum absolute atomic E-state index is 14.1. The summed E-state index contributed by atoms with van der Waals surface area (Å²) in [6.45, 7) is 1.52. The van der Waals surface area contributed by atoms with Gasteiger partial charge in [0.05, 0.1) is 6.04 Å². The van der Waals surface area contributed by atoms with Gasteiger partial charge in [0.2, 0.25) is 11.8 Å². The summed E-state index contributed by atoms with van der Waals surface area (Å²) in [7, 11) is 0. The van der Waals surface area contributed by atoms with Gasteiger partial charge in [-0.2, -0.15) is 0 Å². The maximum atomic E-state index is 14.1. The molecule has 0 aliphatic carbocycles. The number of nitrogens with zero attached hydrogens (tertiary/aromatic N) is 1. The molecule has 1 heterocycles. The smallest absolute Gasteiger partial charge is 0.244 e. The van der Waals surface area contributed by atoms with Crippen molar-refractivity contribution < 1.29 is 9.59 Å². The minimum atomic E-state index is -0.481. The number of anilines is 1. The number of para-hydroxylation sites is 1. The van der Waals surface area contributed by atoms with Crippen molar-refractivity contribution in [2.75, 3.05) is 25.4 Å². The Labute approximate surface area is 258 Å². The summed E-state index contributed by atoms with van der Waals surface area (Å²) in [6.07, 6.45) is 4.43. The van der Waals surface area contributed by atoms with Crippen LogP contribution in [0, 0.1) is 0 Å². The number of halogens is 1. The zero-order chi connectivity index (χ0) is 30.0. The Morgan fingerprint density at radius 2 is 1.56 bits per heavy atom. The molecule has 1 aliphatic heterocycles. The summed E-state index contributed by atoms with van der Waals surface area (Å²) < 4.78 is 0. The first-order valence-electron chi connectivity index (χ1n) is 14.7. The third-order valence-corrected chi connectivity index (χ3v) is 8.15. The first-order valence-corrected chi connectivity index (χ1v) is 15.0. The van der Waals surface area contributed by atoms with E-state index < -0.39 is 6.04 Å². The largest absolute Gasteiger partial charge is 0.399 e. The highest BCUT2D eigenvalue weighted by molar-refractivity contribution is 6.30. The van der Waals surface area contributed by atoms with E-state index in [4.69, 9.17) is 17.3 Å². The third kappa shape index (κ3) is 8.34. The zero-order valence-corrected chi connectivity index (χ0v) is 24.8. The van der Waals surface area contributed by atoms with Gasteiger partial charge in [0, 0.05) is 48.4 Å². The Morgan fingerprint density at radius 1 is 0.930 bits per heavy atom. The fraction of sp³-hybridized carbons (Fsp3) is 0.222. The van der Waals surface area contributed by atoms with E-state index in [9.17, 15) is 9.59 Å². The molecule has 1 saturated heterocycles. The molecule has 1 aliphatic rings. The molecular weight excluding hydrogens is 556 g/mol. The van der Waals surface area contributed by atoms with Crippen LogP contribution in [0.1, 0.15) is 34.6 Å². The van der Waals surface area contributed by atoms with Crippen LogP contribution >= 0.6 is 11.6 Å². The van der Waals surface area contributed by atoms with Gasteiger partial charge in [-0.1, -0.05) is 103 Å². The average Bonchev–Trinajstić information content (AvgIpc) is 3.18. The highest BCUT2D eigenvalue weighted by Gasteiger charge is 2.33. The lowest BCUT2D eigenvalue weighted by atomic mass is 9.90. The van der Waals surface area contributed by atoms with Crippen LogP contribution in [0.4, 0.5) is 5.69 Å². The van der Waals surface area contributed by atoms with Crippen molar-refractivity contribution in [3.05, 3.63) is 143 Å². The zero-order valence-electron chi connectivity index (χ0n) is 24.0. The van der Waals surface area contributed by atoms with Crippen LogP contribution in [0.3, 0.4) is 0 Å². The first kappa shape index (κ1) is 30.1. The standard InChI is InChI=1S/C36H37ClN4O2/c37-30-18-15-26(16-19-30)17-20-35(42)39-24-31-21-22-41(36(43)34(40-31)23-29-13-7-8-14-33(29)38)25-32(27-9-3-1-4-10-27)28-11-5-2-6-12-28/h1-20,31-32,34,40H,21-25,38H2,(H,39,42)/t31-,34-/m0/s1. The van der Waals surface area contributed by atoms with Crippen molar-refractivity contribution in [3.8, 4) is 0 Å². The van der Waals surface area contributed by atoms with Gasteiger partial charge >= 0.3 is 0 Å². The van der Waals surface area contributed by atoms with Gasteiger partial charge in [-0.3, -0.25) is 9.59 Å². The molecule has 43 heavy (non-hydrogen) atoms. The van der Waals surface area contributed by atoms with Gasteiger partial charge in [0.25, 0.3) is 0 Å². The quantitative estimate of drug-likeness (QED) is 0.163. The van der Waals surface area contributed by atoms with Crippen LogP contribution in [-0.2, 0) is 16.0 Å². The molecule has 4 aromatic rings. The molecule has 0 aromatic heterocycles. The van der Waals surface area contributed by atoms with Crippen LogP contribution < -0.4 is 16.4 Å². The third-order valence-electron chi connectivity index (χ3n) is 7.90. The van der Waals surface area contributed by atoms with Crippen LogP contribution in [0.5, 0.6) is 0 Å². The second kappa shape index (κ2) is 14.7. The Hall–Kier alpha value is -4.39. The normalized spacial score (nSPS) is 17.3. The summed E-state index contributed by atoms with van der Waals surface area (Å²) >= 11 is 5.96. The van der Waals surface area contributed by atoms with Crippen molar-refractivity contribution >= 4 is 35.2 Å². The lowest BCUT2D eigenvalue weighted by molar-refractivity contribution is -0.132. The Morgan fingerprint density at radius 3 is 2.21 bits per heavy atom. The van der Waals surface area contributed by atoms with E-state index in [2.05, 4.69) is 34.9 Å². The van der Waals surface area contributed by atoms with Crippen molar-refractivity contribution in [3.63, 3.8) is 0 Å². The van der Waals surface area contributed by atoms with E-state index in [-0.39, 0.29) is 23.8 Å². The molecule has 5 rings (SSSR count).